The van der Waals surface area contributed by atoms with Crippen molar-refractivity contribution < 1.29 is 32.6 Å². The van der Waals surface area contributed by atoms with Crippen LogP contribution >= 0.6 is 11.3 Å². The second-order valence-corrected chi connectivity index (χ2v) is 6.47. The Morgan fingerprint density at radius 1 is 1.22 bits per heavy atom. The summed E-state index contributed by atoms with van der Waals surface area (Å²) < 4.78 is 36.4. The number of nitrogens with one attached hydrogen (secondary N) is 1. The van der Waals surface area contributed by atoms with Crippen molar-refractivity contribution in [3.8, 4) is 5.75 Å². The molecule has 0 radical (unpaired) electrons. The average Bonchev–Trinajstić information content (AvgIpc) is 2.90. The van der Waals surface area contributed by atoms with Crippen LogP contribution in [0, 0.1) is 18.6 Å². The number of thiophene rings is 1. The third kappa shape index (κ3) is 4.88. The number of amides is 1. The number of halogens is 2. The van der Waals surface area contributed by atoms with Crippen LogP contribution < -0.4 is 10.1 Å². The first-order valence-corrected chi connectivity index (χ1v) is 8.75. The third-order valence-corrected chi connectivity index (χ3v) is 4.76. The SMILES string of the molecule is CCOC(=O)c1c(NC(=O)COc2ccc(F)cc2F)sc(C(C)=O)c1C. The van der Waals surface area contributed by atoms with Crippen molar-refractivity contribution in [1.29, 1.82) is 0 Å². The number of esters is 1. The Morgan fingerprint density at radius 3 is 2.52 bits per heavy atom. The maximum Gasteiger partial charge on any atom is 0.341 e. The van der Waals surface area contributed by atoms with Gasteiger partial charge in [-0.25, -0.2) is 13.6 Å². The number of rotatable bonds is 7. The molecule has 1 amide bonds. The highest BCUT2D eigenvalue weighted by Crippen LogP contribution is 2.34. The van der Waals surface area contributed by atoms with E-state index in [0.29, 0.717) is 16.5 Å². The van der Waals surface area contributed by atoms with Gasteiger partial charge in [-0.1, -0.05) is 0 Å². The smallest absolute Gasteiger partial charge is 0.341 e. The van der Waals surface area contributed by atoms with Gasteiger partial charge in [0.2, 0.25) is 0 Å². The number of carbonyl (C=O) groups is 3. The molecule has 1 aromatic heterocycles. The number of hydrogen-bond donors (Lipinski definition) is 1. The fourth-order valence-electron chi connectivity index (χ4n) is 2.28. The highest BCUT2D eigenvalue weighted by molar-refractivity contribution is 7.18. The van der Waals surface area contributed by atoms with Crippen molar-refractivity contribution in [3.05, 3.63) is 45.8 Å². The molecule has 144 valence electrons. The molecule has 0 fully saturated rings. The fraction of sp³-hybridized carbons (Fsp3) is 0.278. The first kappa shape index (κ1) is 20.5. The summed E-state index contributed by atoms with van der Waals surface area (Å²) in [6.45, 7) is 4.12. The summed E-state index contributed by atoms with van der Waals surface area (Å²) in [5.41, 5.74) is 0.500. The normalized spacial score (nSPS) is 10.4. The lowest BCUT2D eigenvalue weighted by Crippen LogP contribution is -2.21. The number of anilines is 1. The van der Waals surface area contributed by atoms with Gasteiger partial charge in [-0.05, 0) is 38.5 Å². The van der Waals surface area contributed by atoms with Crippen LogP contribution in [-0.2, 0) is 9.53 Å². The van der Waals surface area contributed by atoms with Gasteiger partial charge in [0.25, 0.3) is 5.91 Å². The summed E-state index contributed by atoms with van der Waals surface area (Å²) in [5, 5.41) is 2.61. The Balaban J connectivity index is 2.17. The van der Waals surface area contributed by atoms with Crippen LogP contribution in [0.2, 0.25) is 0 Å². The van der Waals surface area contributed by atoms with Gasteiger partial charge in [0.15, 0.2) is 24.0 Å². The zero-order valence-corrected chi connectivity index (χ0v) is 15.7. The number of benzene rings is 1. The largest absolute Gasteiger partial charge is 0.481 e. The average molecular weight is 397 g/mol. The summed E-state index contributed by atoms with van der Waals surface area (Å²) in [6, 6.07) is 2.69. The van der Waals surface area contributed by atoms with Crippen LogP contribution in [-0.4, -0.2) is 30.9 Å². The summed E-state index contributed by atoms with van der Waals surface area (Å²) in [7, 11) is 0. The minimum Gasteiger partial charge on any atom is -0.481 e. The predicted octanol–water partition coefficient (Wildman–Crippen LogP) is 3.73. The second-order valence-electron chi connectivity index (χ2n) is 5.45. The van der Waals surface area contributed by atoms with Crippen LogP contribution in [0.3, 0.4) is 0 Å². The summed E-state index contributed by atoms with van der Waals surface area (Å²) in [5.74, 6) is -3.60. The molecule has 0 atom stereocenters. The lowest BCUT2D eigenvalue weighted by molar-refractivity contribution is -0.118. The van der Waals surface area contributed by atoms with Gasteiger partial charge < -0.3 is 14.8 Å². The summed E-state index contributed by atoms with van der Waals surface area (Å²) >= 11 is 0.942. The number of ether oxygens (including phenoxy) is 2. The molecule has 0 spiro atoms. The first-order valence-electron chi connectivity index (χ1n) is 7.93. The van der Waals surface area contributed by atoms with E-state index in [-0.39, 0.29) is 28.7 Å². The Hall–Kier alpha value is -2.81. The van der Waals surface area contributed by atoms with Crippen molar-refractivity contribution >= 4 is 34.0 Å². The topological polar surface area (TPSA) is 81.7 Å². The minimum atomic E-state index is -0.944. The number of carbonyl (C=O) groups excluding carboxylic acids is 3. The first-order chi connectivity index (χ1) is 12.7. The van der Waals surface area contributed by atoms with E-state index < -0.39 is 30.1 Å². The van der Waals surface area contributed by atoms with Gasteiger partial charge in [-0.15, -0.1) is 11.3 Å². The van der Waals surface area contributed by atoms with Gasteiger partial charge in [-0.2, -0.15) is 0 Å². The van der Waals surface area contributed by atoms with Gasteiger partial charge in [-0.3, -0.25) is 9.59 Å². The maximum atomic E-state index is 13.5. The van der Waals surface area contributed by atoms with Crippen molar-refractivity contribution in [1.82, 2.24) is 0 Å². The van der Waals surface area contributed by atoms with Crippen molar-refractivity contribution in [3.63, 3.8) is 0 Å². The molecule has 0 aliphatic heterocycles. The van der Waals surface area contributed by atoms with Crippen LogP contribution in [0.4, 0.5) is 13.8 Å². The molecule has 27 heavy (non-hydrogen) atoms. The third-order valence-electron chi connectivity index (χ3n) is 3.45. The second kappa shape index (κ2) is 8.72. The number of ketones is 1. The predicted molar refractivity (Wildman–Crippen MR) is 95.5 cm³/mol. The zero-order valence-electron chi connectivity index (χ0n) is 14.9. The van der Waals surface area contributed by atoms with Crippen molar-refractivity contribution in [2.45, 2.75) is 20.8 Å². The molecule has 2 rings (SSSR count). The van der Waals surface area contributed by atoms with Crippen LogP contribution in [0.1, 0.15) is 39.4 Å². The molecule has 2 aromatic rings. The van der Waals surface area contributed by atoms with E-state index >= 15 is 0 Å². The van der Waals surface area contributed by atoms with Gasteiger partial charge in [0.05, 0.1) is 17.0 Å². The van der Waals surface area contributed by atoms with Gasteiger partial charge in [0, 0.05) is 6.07 Å². The van der Waals surface area contributed by atoms with Crippen molar-refractivity contribution in [2.75, 3.05) is 18.5 Å². The molecule has 9 heteroatoms. The molecule has 0 unspecified atom stereocenters. The van der Waals surface area contributed by atoms with E-state index in [1.165, 1.54) is 6.92 Å². The van der Waals surface area contributed by atoms with Crippen LogP contribution in [0.15, 0.2) is 18.2 Å². The fourth-order valence-corrected chi connectivity index (χ4v) is 3.39. The molecule has 0 aliphatic rings. The highest BCUT2D eigenvalue weighted by Gasteiger charge is 2.25. The van der Waals surface area contributed by atoms with E-state index in [1.54, 1.807) is 13.8 Å². The highest BCUT2D eigenvalue weighted by atomic mass is 32.1. The lowest BCUT2D eigenvalue weighted by Gasteiger charge is -2.09. The van der Waals surface area contributed by atoms with Gasteiger partial charge in [0.1, 0.15) is 10.8 Å². The molecular formula is C18H17F2NO5S. The quantitative estimate of drug-likeness (QED) is 0.569. The van der Waals surface area contributed by atoms with Crippen LogP contribution in [0.5, 0.6) is 5.75 Å². The molecule has 6 nitrogen and oxygen atoms in total. The Morgan fingerprint density at radius 2 is 1.93 bits per heavy atom. The number of hydrogen-bond acceptors (Lipinski definition) is 6. The lowest BCUT2D eigenvalue weighted by atomic mass is 10.1. The van der Waals surface area contributed by atoms with E-state index in [1.807, 2.05) is 0 Å². The van der Waals surface area contributed by atoms with E-state index in [4.69, 9.17) is 9.47 Å². The van der Waals surface area contributed by atoms with E-state index in [9.17, 15) is 23.2 Å². The monoisotopic (exact) mass is 397 g/mol. The molecule has 0 bridgehead atoms. The summed E-state index contributed by atoms with van der Waals surface area (Å²) in [4.78, 5) is 36.3. The molecule has 0 saturated heterocycles. The molecule has 0 saturated carbocycles. The van der Waals surface area contributed by atoms with Crippen molar-refractivity contribution in [2.24, 2.45) is 0 Å². The molecule has 0 aliphatic carbocycles. The van der Waals surface area contributed by atoms with E-state index in [0.717, 1.165) is 23.5 Å². The zero-order chi connectivity index (χ0) is 20.1. The molecule has 1 heterocycles. The van der Waals surface area contributed by atoms with Gasteiger partial charge >= 0.3 is 5.97 Å². The minimum absolute atomic E-state index is 0.0911. The molecule has 1 N–H and O–H groups in total. The Bertz CT molecular complexity index is 894. The molecule has 1 aromatic carbocycles. The Labute approximate surface area is 158 Å². The van der Waals surface area contributed by atoms with Crippen LogP contribution in [0.25, 0.3) is 0 Å². The maximum absolute atomic E-state index is 13.5. The molecular weight excluding hydrogens is 380 g/mol. The number of Topliss-reactive ketones (excluding diaryl/α,β-unsaturated/α-hetero) is 1. The van der Waals surface area contributed by atoms with E-state index in [2.05, 4.69) is 5.32 Å². The summed E-state index contributed by atoms with van der Waals surface area (Å²) in [6.07, 6.45) is 0. The Kier molecular flexibility index (Phi) is 6.62. The standard InChI is InChI=1S/C18H17F2NO5S/c1-4-25-18(24)15-9(2)16(10(3)22)27-17(15)21-14(23)8-26-13-6-5-11(19)7-12(13)20/h5-7H,4,8H2,1-3H3,(H,21,23).